The predicted octanol–water partition coefficient (Wildman–Crippen LogP) is 3.30. The molecule has 0 unspecified atom stereocenters. The lowest BCUT2D eigenvalue weighted by molar-refractivity contribution is 1.35. The Bertz CT molecular complexity index is 191. The summed E-state index contributed by atoms with van der Waals surface area (Å²) in [5, 5.41) is 0.946. The fraction of sp³-hybridized carbons (Fsp3) is 0.250. The van der Waals surface area contributed by atoms with Crippen LogP contribution in [0.2, 0.25) is 0 Å². The molecule has 0 bridgehead atoms. The van der Waals surface area contributed by atoms with Gasteiger partial charge in [0.1, 0.15) is 0 Å². The smallest absolute Gasteiger partial charge is 0.0283 e. The molecular formula is C8H9BrS. The van der Waals surface area contributed by atoms with Gasteiger partial charge in [0.15, 0.2) is 0 Å². The summed E-state index contributed by atoms with van der Waals surface area (Å²) in [4.78, 5) is 1.33. The van der Waals surface area contributed by atoms with Crippen molar-refractivity contribution >= 4 is 27.7 Å². The Morgan fingerprint density at radius 1 is 1.50 bits per heavy atom. The standard InChI is InChI=1S/C8H9BrS/c1-10-8-4-2-3-7(5-8)6-9/h2-5H,6H2,1H3. The van der Waals surface area contributed by atoms with Crippen molar-refractivity contribution in [2.45, 2.75) is 10.2 Å². The zero-order chi connectivity index (χ0) is 7.40. The van der Waals surface area contributed by atoms with Gasteiger partial charge in [-0.3, -0.25) is 0 Å². The van der Waals surface area contributed by atoms with E-state index in [-0.39, 0.29) is 0 Å². The molecule has 0 nitrogen and oxygen atoms in total. The van der Waals surface area contributed by atoms with Crippen LogP contribution in [0.3, 0.4) is 0 Å². The number of alkyl halides is 1. The highest BCUT2D eigenvalue weighted by molar-refractivity contribution is 9.08. The zero-order valence-electron chi connectivity index (χ0n) is 5.80. The van der Waals surface area contributed by atoms with Gasteiger partial charge in [-0.1, -0.05) is 28.1 Å². The molecule has 0 atom stereocenters. The Kier molecular flexibility index (Phi) is 3.29. The minimum atomic E-state index is 0.946. The molecule has 0 saturated carbocycles. The molecule has 0 fully saturated rings. The Morgan fingerprint density at radius 2 is 2.30 bits per heavy atom. The van der Waals surface area contributed by atoms with E-state index in [0.717, 1.165) is 5.33 Å². The second-order valence-electron chi connectivity index (χ2n) is 1.99. The van der Waals surface area contributed by atoms with Crippen LogP contribution in [0.25, 0.3) is 0 Å². The molecule has 2 heteroatoms. The zero-order valence-corrected chi connectivity index (χ0v) is 8.21. The van der Waals surface area contributed by atoms with Gasteiger partial charge in [-0.2, -0.15) is 0 Å². The number of benzene rings is 1. The molecule has 0 N–H and O–H groups in total. The second kappa shape index (κ2) is 4.04. The molecule has 0 aliphatic heterocycles. The average molecular weight is 217 g/mol. The van der Waals surface area contributed by atoms with Gasteiger partial charge in [-0.25, -0.2) is 0 Å². The number of halogens is 1. The molecule has 0 spiro atoms. The molecule has 1 rings (SSSR count). The van der Waals surface area contributed by atoms with Crippen molar-refractivity contribution in [2.75, 3.05) is 6.26 Å². The van der Waals surface area contributed by atoms with Crippen molar-refractivity contribution in [1.29, 1.82) is 0 Å². The first-order valence-corrected chi connectivity index (χ1v) is 5.40. The molecule has 54 valence electrons. The molecule has 0 radical (unpaired) electrons. The van der Waals surface area contributed by atoms with E-state index >= 15 is 0 Å². The van der Waals surface area contributed by atoms with Gasteiger partial charge in [0, 0.05) is 10.2 Å². The maximum Gasteiger partial charge on any atom is 0.0283 e. The molecule has 10 heavy (non-hydrogen) atoms. The van der Waals surface area contributed by atoms with Crippen LogP contribution in [0.1, 0.15) is 5.56 Å². The number of hydrogen-bond donors (Lipinski definition) is 0. The molecular weight excluding hydrogens is 208 g/mol. The van der Waals surface area contributed by atoms with E-state index in [1.165, 1.54) is 10.5 Å². The van der Waals surface area contributed by atoms with Crippen molar-refractivity contribution in [3.63, 3.8) is 0 Å². The first-order valence-electron chi connectivity index (χ1n) is 3.05. The van der Waals surface area contributed by atoms with Crippen LogP contribution in [0, 0.1) is 0 Å². The third kappa shape index (κ3) is 2.03. The first-order chi connectivity index (χ1) is 4.86. The van der Waals surface area contributed by atoms with Crippen molar-refractivity contribution in [3.05, 3.63) is 29.8 Å². The average Bonchev–Trinajstić information content (AvgIpc) is 2.05. The Balaban J connectivity index is 2.87. The molecule has 0 saturated heterocycles. The largest absolute Gasteiger partial charge is 0.130 e. The van der Waals surface area contributed by atoms with Crippen LogP contribution in [-0.4, -0.2) is 6.26 Å². The highest BCUT2D eigenvalue weighted by Crippen LogP contribution is 2.16. The van der Waals surface area contributed by atoms with E-state index in [1.54, 1.807) is 11.8 Å². The lowest BCUT2D eigenvalue weighted by Gasteiger charge is -1.97. The molecule has 0 amide bonds. The highest BCUT2D eigenvalue weighted by Gasteiger charge is 1.90. The van der Waals surface area contributed by atoms with Gasteiger partial charge >= 0.3 is 0 Å². The van der Waals surface area contributed by atoms with Crippen LogP contribution in [0.4, 0.5) is 0 Å². The summed E-state index contributed by atoms with van der Waals surface area (Å²) in [6.07, 6.45) is 2.09. The maximum atomic E-state index is 3.41. The topological polar surface area (TPSA) is 0 Å². The van der Waals surface area contributed by atoms with Crippen LogP contribution in [0.5, 0.6) is 0 Å². The van der Waals surface area contributed by atoms with Crippen LogP contribution < -0.4 is 0 Å². The van der Waals surface area contributed by atoms with E-state index < -0.39 is 0 Å². The predicted molar refractivity (Wildman–Crippen MR) is 50.9 cm³/mol. The van der Waals surface area contributed by atoms with Crippen molar-refractivity contribution < 1.29 is 0 Å². The third-order valence-electron chi connectivity index (χ3n) is 1.29. The maximum absolute atomic E-state index is 3.41. The Morgan fingerprint density at radius 3 is 2.90 bits per heavy atom. The van der Waals surface area contributed by atoms with Gasteiger partial charge in [0.05, 0.1) is 0 Å². The summed E-state index contributed by atoms with van der Waals surface area (Å²) >= 11 is 5.19. The van der Waals surface area contributed by atoms with Gasteiger partial charge in [0.2, 0.25) is 0 Å². The third-order valence-corrected chi connectivity index (χ3v) is 2.66. The summed E-state index contributed by atoms with van der Waals surface area (Å²) in [7, 11) is 0. The quantitative estimate of drug-likeness (QED) is 0.541. The number of rotatable bonds is 2. The highest BCUT2D eigenvalue weighted by atomic mass is 79.9. The van der Waals surface area contributed by atoms with Crippen molar-refractivity contribution in [2.24, 2.45) is 0 Å². The summed E-state index contributed by atoms with van der Waals surface area (Å²) < 4.78 is 0. The van der Waals surface area contributed by atoms with E-state index in [0.29, 0.717) is 0 Å². The summed E-state index contributed by atoms with van der Waals surface area (Å²) in [5.41, 5.74) is 1.34. The van der Waals surface area contributed by atoms with E-state index in [4.69, 9.17) is 0 Å². The Hall–Kier alpha value is 0.0500. The van der Waals surface area contributed by atoms with Crippen molar-refractivity contribution in [1.82, 2.24) is 0 Å². The monoisotopic (exact) mass is 216 g/mol. The van der Waals surface area contributed by atoms with Crippen LogP contribution >= 0.6 is 27.7 Å². The van der Waals surface area contributed by atoms with Crippen LogP contribution in [0.15, 0.2) is 29.2 Å². The van der Waals surface area contributed by atoms with Gasteiger partial charge in [-0.15, -0.1) is 11.8 Å². The molecule has 0 aliphatic carbocycles. The molecule has 1 aromatic rings. The lowest BCUT2D eigenvalue weighted by Crippen LogP contribution is -1.76. The minimum absolute atomic E-state index is 0.946. The van der Waals surface area contributed by atoms with Gasteiger partial charge in [-0.05, 0) is 24.0 Å². The molecule has 0 aliphatic rings. The van der Waals surface area contributed by atoms with Gasteiger partial charge < -0.3 is 0 Å². The normalized spacial score (nSPS) is 9.80. The summed E-state index contributed by atoms with van der Waals surface area (Å²) in [6, 6.07) is 8.52. The molecule has 0 heterocycles. The van der Waals surface area contributed by atoms with E-state index in [2.05, 4.69) is 46.5 Å². The molecule has 1 aromatic carbocycles. The number of hydrogen-bond acceptors (Lipinski definition) is 1. The summed E-state index contributed by atoms with van der Waals surface area (Å²) in [5.74, 6) is 0. The number of thioether (sulfide) groups is 1. The van der Waals surface area contributed by atoms with Gasteiger partial charge in [0.25, 0.3) is 0 Å². The van der Waals surface area contributed by atoms with E-state index in [9.17, 15) is 0 Å². The first kappa shape index (κ1) is 8.15. The van der Waals surface area contributed by atoms with E-state index in [1.807, 2.05) is 0 Å². The minimum Gasteiger partial charge on any atom is -0.130 e. The van der Waals surface area contributed by atoms with Crippen LogP contribution in [-0.2, 0) is 5.33 Å². The fourth-order valence-electron chi connectivity index (χ4n) is 0.756. The fourth-order valence-corrected chi connectivity index (χ4v) is 1.59. The lowest BCUT2D eigenvalue weighted by atomic mass is 10.2. The molecule has 0 aromatic heterocycles. The summed E-state index contributed by atoms with van der Waals surface area (Å²) in [6.45, 7) is 0. The Labute approximate surface area is 74.2 Å². The van der Waals surface area contributed by atoms with Crippen molar-refractivity contribution in [3.8, 4) is 0 Å². The SMILES string of the molecule is CSc1cccc(CBr)c1. The second-order valence-corrected chi connectivity index (χ2v) is 3.43.